The molecule has 216 valence electrons. The first kappa shape index (κ1) is 29.1. The highest BCUT2D eigenvalue weighted by atomic mass is 79.9. The van der Waals surface area contributed by atoms with Gasteiger partial charge in [-0.25, -0.2) is 4.79 Å². The van der Waals surface area contributed by atoms with Crippen LogP contribution in [0.3, 0.4) is 0 Å². The molecule has 0 N–H and O–H groups in total. The van der Waals surface area contributed by atoms with Gasteiger partial charge in [-0.05, 0) is 87.6 Å². The number of imidazole rings is 1. The Labute approximate surface area is 246 Å². The van der Waals surface area contributed by atoms with E-state index in [4.69, 9.17) is 4.74 Å². The van der Waals surface area contributed by atoms with E-state index >= 15 is 0 Å². The Hall–Kier alpha value is -2.38. The molecule has 0 spiro atoms. The number of fused-ring (bicyclic) bond motifs is 2. The minimum atomic E-state index is -0.156. The summed E-state index contributed by atoms with van der Waals surface area (Å²) in [6, 6.07) is 11.0. The SMILES string of the molecule is CCCC(C(C)(C)C)C(C)(C)OCCCCn1c(Cn2c(=O)n(C3CC3)c3ccncc32)cc2cc(Br)ccc21. The summed E-state index contributed by atoms with van der Waals surface area (Å²) in [4.78, 5) is 17.9. The summed E-state index contributed by atoms with van der Waals surface area (Å²) in [7, 11) is 0. The third-order valence-electron chi connectivity index (χ3n) is 8.66. The molecule has 0 saturated heterocycles. The molecule has 4 aromatic rings. The minimum Gasteiger partial charge on any atom is -0.375 e. The standard InChI is InChI=1S/C33H45BrN4O2/c1-7-10-30(32(2,3)4)33(5,6)40-18-9-8-17-36-26(20-23-19-24(34)11-14-27(23)36)22-37-29-21-35-16-15-28(29)38(31(37)39)25-12-13-25/h11,14-16,19-21,25,30H,7-10,12-13,17-18,22H2,1-6H3. The van der Waals surface area contributed by atoms with Crippen LogP contribution in [0.25, 0.3) is 21.9 Å². The van der Waals surface area contributed by atoms with Crippen molar-refractivity contribution in [1.29, 1.82) is 0 Å². The van der Waals surface area contributed by atoms with Crippen molar-refractivity contribution >= 4 is 37.9 Å². The van der Waals surface area contributed by atoms with Gasteiger partial charge in [-0.3, -0.25) is 14.1 Å². The maximum Gasteiger partial charge on any atom is 0.329 e. The average molecular weight is 610 g/mol. The Balaban J connectivity index is 1.35. The molecule has 3 heterocycles. The van der Waals surface area contributed by atoms with Gasteiger partial charge in [0.1, 0.15) is 0 Å². The van der Waals surface area contributed by atoms with Crippen LogP contribution in [0, 0.1) is 11.3 Å². The molecule has 1 aliphatic carbocycles. The Morgan fingerprint density at radius 2 is 1.80 bits per heavy atom. The predicted octanol–water partition coefficient (Wildman–Crippen LogP) is 8.34. The molecule has 1 fully saturated rings. The molecule has 0 radical (unpaired) electrons. The molecule has 0 bridgehead atoms. The van der Waals surface area contributed by atoms with Crippen molar-refractivity contribution < 1.29 is 4.74 Å². The van der Waals surface area contributed by atoms with Crippen LogP contribution < -0.4 is 5.69 Å². The van der Waals surface area contributed by atoms with Crippen molar-refractivity contribution in [3.05, 3.63) is 63.4 Å². The fraction of sp³-hybridized carbons (Fsp3) is 0.576. The van der Waals surface area contributed by atoms with Gasteiger partial charge in [-0.15, -0.1) is 0 Å². The average Bonchev–Trinajstić information content (AvgIpc) is 3.61. The van der Waals surface area contributed by atoms with Gasteiger partial charge in [-0.1, -0.05) is 50.0 Å². The Morgan fingerprint density at radius 1 is 1.02 bits per heavy atom. The number of nitrogens with zero attached hydrogens (tertiary/aromatic N) is 4. The number of unbranched alkanes of at least 4 members (excludes halogenated alkanes) is 1. The predicted molar refractivity (Wildman–Crippen MR) is 168 cm³/mol. The molecule has 5 rings (SSSR count). The van der Waals surface area contributed by atoms with Gasteiger partial charge in [0.2, 0.25) is 0 Å². The number of aryl methyl sites for hydroxylation is 1. The molecule has 6 nitrogen and oxygen atoms in total. The van der Waals surface area contributed by atoms with Crippen molar-refractivity contribution in [2.24, 2.45) is 11.3 Å². The number of halogens is 1. The molecule has 0 amide bonds. The quantitative estimate of drug-likeness (QED) is 0.152. The fourth-order valence-corrected chi connectivity index (χ4v) is 7.12. The van der Waals surface area contributed by atoms with E-state index in [-0.39, 0.29) is 16.7 Å². The van der Waals surface area contributed by atoms with Gasteiger partial charge in [0.05, 0.1) is 29.4 Å². The summed E-state index contributed by atoms with van der Waals surface area (Å²) in [5.41, 5.74) is 4.37. The topological polar surface area (TPSA) is 54.0 Å². The highest BCUT2D eigenvalue weighted by molar-refractivity contribution is 9.10. The summed E-state index contributed by atoms with van der Waals surface area (Å²) in [5, 5.41) is 1.19. The maximum atomic E-state index is 13.6. The Morgan fingerprint density at radius 3 is 2.50 bits per heavy atom. The second kappa shape index (κ2) is 11.5. The van der Waals surface area contributed by atoms with E-state index in [9.17, 15) is 4.79 Å². The molecule has 40 heavy (non-hydrogen) atoms. The van der Waals surface area contributed by atoms with Crippen LogP contribution in [0.2, 0.25) is 0 Å². The van der Waals surface area contributed by atoms with Crippen molar-refractivity contribution in [2.45, 2.75) is 105 Å². The zero-order valence-corrected chi connectivity index (χ0v) is 26.6. The number of rotatable bonds is 12. The zero-order chi connectivity index (χ0) is 28.7. The van der Waals surface area contributed by atoms with Crippen molar-refractivity contribution in [3.63, 3.8) is 0 Å². The monoisotopic (exact) mass is 608 g/mol. The highest BCUT2D eigenvalue weighted by Gasteiger charge is 2.38. The lowest BCUT2D eigenvalue weighted by Gasteiger charge is -2.43. The third kappa shape index (κ3) is 5.96. The highest BCUT2D eigenvalue weighted by Crippen LogP contribution is 2.40. The van der Waals surface area contributed by atoms with Crippen LogP contribution in [-0.4, -0.2) is 30.9 Å². The first-order valence-electron chi connectivity index (χ1n) is 15.0. The molecular formula is C33H45BrN4O2. The lowest BCUT2D eigenvalue weighted by Crippen LogP contribution is -2.42. The third-order valence-corrected chi connectivity index (χ3v) is 9.15. The van der Waals surface area contributed by atoms with Crippen molar-refractivity contribution in [2.75, 3.05) is 6.61 Å². The number of hydrogen-bond acceptors (Lipinski definition) is 3. The van der Waals surface area contributed by atoms with Gasteiger partial charge >= 0.3 is 5.69 Å². The lowest BCUT2D eigenvalue weighted by atomic mass is 9.69. The van der Waals surface area contributed by atoms with Gasteiger partial charge in [0.15, 0.2) is 0 Å². The number of hydrogen-bond donors (Lipinski definition) is 0. The molecule has 1 aromatic carbocycles. The molecule has 3 aromatic heterocycles. The van der Waals surface area contributed by atoms with E-state index in [0.717, 1.165) is 60.0 Å². The summed E-state index contributed by atoms with van der Waals surface area (Å²) in [6.45, 7) is 16.0. The normalized spacial score (nSPS) is 15.4. The second-order valence-corrected chi connectivity index (χ2v) is 14.1. The molecular weight excluding hydrogens is 564 g/mol. The Kier molecular flexibility index (Phi) is 8.36. The van der Waals surface area contributed by atoms with Gasteiger partial charge in [0.25, 0.3) is 0 Å². The molecule has 1 unspecified atom stereocenters. The second-order valence-electron chi connectivity index (χ2n) is 13.2. The molecule has 0 aliphatic heterocycles. The Bertz CT molecular complexity index is 1530. The van der Waals surface area contributed by atoms with E-state index in [0.29, 0.717) is 18.5 Å². The van der Waals surface area contributed by atoms with Gasteiger partial charge in [0, 0.05) is 46.5 Å². The van der Waals surface area contributed by atoms with Crippen LogP contribution in [0.1, 0.15) is 91.8 Å². The van der Waals surface area contributed by atoms with Crippen molar-refractivity contribution in [1.82, 2.24) is 18.7 Å². The van der Waals surface area contributed by atoms with E-state index in [1.807, 2.05) is 21.4 Å². The number of pyridine rings is 1. The summed E-state index contributed by atoms with van der Waals surface area (Å²) in [6.07, 6.45) is 10.1. The van der Waals surface area contributed by atoms with Crippen LogP contribution in [0.15, 0.2) is 52.0 Å². The largest absolute Gasteiger partial charge is 0.375 e. The molecule has 7 heteroatoms. The lowest BCUT2D eigenvalue weighted by molar-refractivity contribution is -0.0958. The number of benzene rings is 1. The summed E-state index contributed by atoms with van der Waals surface area (Å²) < 4.78 is 13.9. The first-order chi connectivity index (χ1) is 19.0. The minimum absolute atomic E-state index is 0.0691. The zero-order valence-electron chi connectivity index (χ0n) is 25.0. The molecule has 1 aliphatic rings. The fourth-order valence-electron chi connectivity index (χ4n) is 6.74. The molecule has 1 atom stereocenters. The van der Waals surface area contributed by atoms with E-state index in [2.05, 4.69) is 91.3 Å². The van der Waals surface area contributed by atoms with E-state index < -0.39 is 0 Å². The van der Waals surface area contributed by atoms with Gasteiger partial charge < -0.3 is 9.30 Å². The van der Waals surface area contributed by atoms with Crippen LogP contribution in [0.5, 0.6) is 0 Å². The smallest absolute Gasteiger partial charge is 0.329 e. The van der Waals surface area contributed by atoms with E-state index in [1.54, 1.807) is 6.20 Å². The van der Waals surface area contributed by atoms with Crippen LogP contribution in [-0.2, 0) is 17.8 Å². The van der Waals surface area contributed by atoms with Crippen LogP contribution >= 0.6 is 15.9 Å². The maximum absolute atomic E-state index is 13.6. The summed E-state index contributed by atoms with van der Waals surface area (Å²) in [5.74, 6) is 0.508. The molecule has 1 saturated carbocycles. The first-order valence-corrected chi connectivity index (χ1v) is 15.8. The van der Waals surface area contributed by atoms with Crippen molar-refractivity contribution in [3.8, 4) is 0 Å². The van der Waals surface area contributed by atoms with Crippen LogP contribution in [0.4, 0.5) is 0 Å². The van der Waals surface area contributed by atoms with E-state index in [1.165, 1.54) is 23.7 Å². The van der Waals surface area contributed by atoms with Gasteiger partial charge in [-0.2, -0.15) is 0 Å². The summed E-state index contributed by atoms with van der Waals surface area (Å²) >= 11 is 3.64. The number of ether oxygens (including phenoxy) is 1. The number of aromatic nitrogens is 4.